The lowest BCUT2D eigenvalue weighted by Gasteiger charge is -2.13. The van der Waals surface area contributed by atoms with E-state index < -0.39 is 0 Å². The summed E-state index contributed by atoms with van der Waals surface area (Å²) >= 11 is 3.49. The van der Waals surface area contributed by atoms with E-state index in [0.29, 0.717) is 6.61 Å². The molecule has 0 amide bonds. The molecule has 0 aliphatic carbocycles. The minimum Gasteiger partial charge on any atom is -0.457 e. The summed E-state index contributed by atoms with van der Waals surface area (Å²) < 4.78 is 12.0. The van der Waals surface area contributed by atoms with Crippen LogP contribution in [0.15, 0.2) is 46.9 Å². The molecule has 2 rings (SSSR count). The summed E-state index contributed by atoms with van der Waals surface area (Å²) in [5.41, 5.74) is 2.34. The van der Waals surface area contributed by atoms with Crippen LogP contribution in [-0.4, -0.2) is 20.3 Å². The van der Waals surface area contributed by atoms with Crippen LogP contribution in [0.25, 0.3) is 0 Å². The highest BCUT2D eigenvalue weighted by Gasteiger charge is 2.06. The molecule has 0 aliphatic heterocycles. The molecule has 112 valence electrons. The van der Waals surface area contributed by atoms with Crippen LogP contribution in [0.1, 0.15) is 11.1 Å². The normalized spacial score (nSPS) is 10.6. The number of nitrogens with one attached hydrogen (secondary N) is 1. The fourth-order valence-electron chi connectivity index (χ4n) is 1.90. The quantitative estimate of drug-likeness (QED) is 0.756. The number of halogens is 1. The molecule has 0 heterocycles. The van der Waals surface area contributed by atoms with Gasteiger partial charge in [-0.25, -0.2) is 0 Å². The van der Waals surface area contributed by atoms with E-state index in [0.717, 1.165) is 34.6 Å². The Hall–Kier alpha value is -1.36. The Morgan fingerprint density at radius 3 is 2.57 bits per heavy atom. The lowest BCUT2D eigenvalue weighted by molar-refractivity contribution is 0.199. The van der Waals surface area contributed by atoms with E-state index >= 15 is 0 Å². The summed E-state index contributed by atoms with van der Waals surface area (Å²) in [4.78, 5) is 0. The molecule has 0 radical (unpaired) electrons. The molecular formula is C17H20BrNO2. The van der Waals surface area contributed by atoms with Crippen LogP contribution in [-0.2, 0) is 11.3 Å². The van der Waals surface area contributed by atoms with Gasteiger partial charge in [0.2, 0.25) is 0 Å². The minimum atomic E-state index is 0.699. The van der Waals surface area contributed by atoms with Crippen LogP contribution < -0.4 is 10.1 Å². The summed E-state index contributed by atoms with van der Waals surface area (Å²) in [6.45, 7) is 4.33. The standard InChI is InChI=1S/C17H20BrNO2/c1-13-3-7-16(8-4-13)21-17-11-15(18)6-5-14(17)12-19-9-10-20-2/h3-8,11,19H,9-10,12H2,1-2H3. The van der Waals surface area contributed by atoms with Crippen LogP contribution in [0.4, 0.5) is 0 Å². The van der Waals surface area contributed by atoms with Gasteiger partial charge in [0.05, 0.1) is 6.61 Å². The smallest absolute Gasteiger partial charge is 0.133 e. The van der Waals surface area contributed by atoms with Gasteiger partial charge < -0.3 is 14.8 Å². The van der Waals surface area contributed by atoms with E-state index in [4.69, 9.17) is 9.47 Å². The summed E-state index contributed by atoms with van der Waals surface area (Å²) in [5, 5.41) is 3.34. The molecule has 0 saturated heterocycles. The summed E-state index contributed by atoms with van der Waals surface area (Å²) in [6, 6.07) is 14.1. The number of rotatable bonds is 7. The van der Waals surface area contributed by atoms with Gasteiger partial charge in [-0.3, -0.25) is 0 Å². The first kappa shape index (κ1) is 16.0. The second-order valence-electron chi connectivity index (χ2n) is 4.84. The van der Waals surface area contributed by atoms with Crippen molar-refractivity contribution >= 4 is 15.9 Å². The molecule has 0 fully saturated rings. The van der Waals surface area contributed by atoms with Crippen LogP contribution in [0, 0.1) is 6.92 Å². The molecule has 0 saturated carbocycles. The van der Waals surface area contributed by atoms with E-state index in [1.807, 2.05) is 36.4 Å². The van der Waals surface area contributed by atoms with Gasteiger partial charge in [-0.05, 0) is 31.2 Å². The highest BCUT2D eigenvalue weighted by atomic mass is 79.9. The second kappa shape index (κ2) is 8.17. The van der Waals surface area contributed by atoms with Crippen molar-refractivity contribution in [1.29, 1.82) is 0 Å². The van der Waals surface area contributed by atoms with E-state index in [1.165, 1.54) is 5.56 Å². The van der Waals surface area contributed by atoms with Crippen molar-refractivity contribution in [2.75, 3.05) is 20.3 Å². The highest BCUT2D eigenvalue weighted by molar-refractivity contribution is 9.10. The Kier molecular flexibility index (Phi) is 6.23. The molecule has 0 atom stereocenters. The molecule has 3 nitrogen and oxygen atoms in total. The molecule has 0 aliphatic rings. The number of aryl methyl sites for hydroxylation is 1. The minimum absolute atomic E-state index is 0.699. The molecule has 0 spiro atoms. The van der Waals surface area contributed by atoms with Crippen LogP contribution in [0.2, 0.25) is 0 Å². The third-order valence-electron chi connectivity index (χ3n) is 3.08. The maximum Gasteiger partial charge on any atom is 0.133 e. The van der Waals surface area contributed by atoms with Gasteiger partial charge in [0.15, 0.2) is 0 Å². The Labute approximate surface area is 134 Å². The lowest BCUT2D eigenvalue weighted by Crippen LogP contribution is -2.18. The molecule has 2 aromatic carbocycles. The SMILES string of the molecule is COCCNCc1ccc(Br)cc1Oc1ccc(C)cc1. The van der Waals surface area contributed by atoms with Crippen molar-refractivity contribution in [2.24, 2.45) is 0 Å². The van der Waals surface area contributed by atoms with Gasteiger partial charge in [0.1, 0.15) is 11.5 Å². The van der Waals surface area contributed by atoms with Crippen LogP contribution in [0.3, 0.4) is 0 Å². The van der Waals surface area contributed by atoms with Crippen LogP contribution >= 0.6 is 15.9 Å². The molecule has 4 heteroatoms. The average Bonchev–Trinajstić information content (AvgIpc) is 2.48. The Morgan fingerprint density at radius 1 is 1.10 bits per heavy atom. The van der Waals surface area contributed by atoms with Crippen molar-refractivity contribution in [3.63, 3.8) is 0 Å². The molecule has 1 N–H and O–H groups in total. The van der Waals surface area contributed by atoms with Gasteiger partial charge >= 0.3 is 0 Å². The number of methoxy groups -OCH3 is 1. The zero-order chi connectivity index (χ0) is 15.1. The van der Waals surface area contributed by atoms with Crippen molar-refractivity contribution in [1.82, 2.24) is 5.32 Å². The van der Waals surface area contributed by atoms with E-state index in [1.54, 1.807) is 7.11 Å². The van der Waals surface area contributed by atoms with Crippen molar-refractivity contribution in [3.05, 3.63) is 58.1 Å². The van der Waals surface area contributed by atoms with E-state index in [-0.39, 0.29) is 0 Å². The second-order valence-corrected chi connectivity index (χ2v) is 5.75. The highest BCUT2D eigenvalue weighted by Crippen LogP contribution is 2.28. The fourth-order valence-corrected chi connectivity index (χ4v) is 2.24. The number of hydrogen-bond acceptors (Lipinski definition) is 3. The van der Waals surface area contributed by atoms with Gasteiger partial charge in [0.25, 0.3) is 0 Å². The number of ether oxygens (including phenoxy) is 2. The Balaban J connectivity index is 2.09. The first-order chi connectivity index (χ1) is 10.2. The summed E-state index contributed by atoms with van der Waals surface area (Å²) in [7, 11) is 1.70. The Bertz CT molecular complexity index is 570. The van der Waals surface area contributed by atoms with Gasteiger partial charge in [-0.2, -0.15) is 0 Å². The predicted molar refractivity (Wildman–Crippen MR) is 89.0 cm³/mol. The van der Waals surface area contributed by atoms with Gasteiger partial charge in [0, 0.05) is 30.2 Å². The maximum atomic E-state index is 6.00. The first-order valence-corrected chi connectivity index (χ1v) is 7.71. The Morgan fingerprint density at radius 2 is 1.86 bits per heavy atom. The topological polar surface area (TPSA) is 30.5 Å². The average molecular weight is 350 g/mol. The molecule has 21 heavy (non-hydrogen) atoms. The third kappa shape index (κ3) is 5.16. The largest absolute Gasteiger partial charge is 0.457 e. The third-order valence-corrected chi connectivity index (χ3v) is 3.57. The zero-order valence-electron chi connectivity index (χ0n) is 12.4. The molecule has 0 bridgehead atoms. The van der Waals surface area contributed by atoms with Crippen molar-refractivity contribution in [3.8, 4) is 11.5 Å². The van der Waals surface area contributed by atoms with Gasteiger partial charge in [-0.15, -0.1) is 0 Å². The van der Waals surface area contributed by atoms with Gasteiger partial charge in [-0.1, -0.05) is 39.7 Å². The molecular weight excluding hydrogens is 330 g/mol. The fraction of sp³-hybridized carbons (Fsp3) is 0.294. The molecule has 0 aromatic heterocycles. The zero-order valence-corrected chi connectivity index (χ0v) is 13.9. The van der Waals surface area contributed by atoms with Crippen molar-refractivity contribution in [2.45, 2.75) is 13.5 Å². The number of benzene rings is 2. The van der Waals surface area contributed by atoms with Crippen molar-refractivity contribution < 1.29 is 9.47 Å². The van der Waals surface area contributed by atoms with Crippen LogP contribution in [0.5, 0.6) is 11.5 Å². The summed E-state index contributed by atoms with van der Waals surface area (Å²) in [5.74, 6) is 1.70. The summed E-state index contributed by atoms with van der Waals surface area (Å²) in [6.07, 6.45) is 0. The predicted octanol–water partition coefficient (Wildman–Crippen LogP) is 4.29. The van der Waals surface area contributed by atoms with E-state index in [9.17, 15) is 0 Å². The monoisotopic (exact) mass is 349 g/mol. The molecule has 2 aromatic rings. The molecule has 0 unspecified atom stereocenters. The maximum absolute atomic E-state index is 6.00. The lowest BCUT2D eigenvalue weighted by atomic mass is 10.2. The van der Waals surface area contributed by atoms with E-state index in [2.05, 4.69) is 34.2 Å². The number of hydrogen-bond donors (Lipinski definition) is 1. The first-order valence-electron chi connectivity index (χ1n) is 6.91.